The highest BCUT2D eigenvalue weighted by atomic mass is 79.9. The molecule has 0 aliphatic heterocycles. The van der Waals surface area contributed by atoms with Gasteiger partial charge in [-0.25, -0.2) is 19.2 Å². The number of carbonyl (C=O) groups is 4. The first kappa shape index (κ1) is 32.5. The van der Waals surface area contributed by atoms with Gasteiger partial charge in [-0.3, -0.25) is 0 Å². The average Bonchev–Trinajstić information content (AvgIpc) is 3.71. The lowest BCUT2D eigenvalue weighted by molar-refractivity contribution is 0.00185. The molecule has 0 radical (unpaired) electrons. The number of halogens is 2. The van der Waals surface area contributed by atoms with E-state index in [0.29, 0.717) is 11.5 Å². The first-order valence-corrected chi connectivity index (χ1v) is 16.4. The number of hydrogen-bond acceptors (Lipinski definition) is 8. The van der Waals surface area contributed by atoms with Gasteiger partial charge >= 0.3 is 23.9 Å². The Hall–Kier alpha value is -3.43. The van der Waals surface area contributed by atoms with Crippen LogP contribution in [0.2, 0.25) is 0 Å². The van der Waals surface area contributed by atoms with Crippen LogP contribution in [0.15, 0.2) is 44.9 Å². The van der Waals surface area contributed by atoms with Crippen LogP contribution in [0.5, 0.6) is 0 Å². The van der Waals surface area contributed by atoms with Gasteiger partial charge in [-0.1, -0.05) is 27.5 Å². The molecule has 0 saturated heterocycles. The normalized spacial score (nSPS) is 22.6. The molecule has 0 amide bonds. The van der Waals surface area contributed by atoms with Crippen molar-refractivity contribution in [1.82, 2.24) is 0 Å². The number of benzene rings is 2. The van der Waals surface area contributed by atoms with E-state index in [9.17, 15) is 19.2 Å². The zero-order chi connectivity index (χ0) is 33.6. The number of rotatable bonds is 5. The second kappa shape index (κ2) is 11.1. The predicted molar refractivity (Wildman–Crippen MR) is 175 cm³/mol. The van der Waals surface area contributed by atoms with Gasteiger partial charge in [0.1, 0.15) is 11.2 Å². The van der Waals surface area contributed by atoms with E-state index in [-0.39, 0.29) is 45.9 Å². The Bertz CT molecular complexity index is 1800. The average molecular weight is 712 g/mol. The fraction of sp³-hybridized carbons (Fsp3) is 0.444. The number of methoxy groups -OCH3 is 2. The van der Waals surface area contributed by atoms with Crippen LogP contribution in [-0.2, 0) is 18.9 Å². The number of ether oxygens (including phenoxy) is 4. The van der Waals surface area contributed by atoms with Crippen molar-refractivity contribution in [2.45, 2.75) is 89.3 Å². The maximum absolute atomic E-state index is 13.5. The van der Waals surface area contributed by atoms with Gasteiger partial charge in [-0.15, -0.1) is 0 Å². The topological polar surface area (TPSA) is 105 Å². The maximum atomic E-state index is 13.5. The molecular formula is C36H36BrClO8. The molecule has 4 bridgehead atoms. The number of allylic oxidation sites excluding steroid dienone is 4. The highest BCUT2D eigenvalue weighted by Gasteiger charge is 2.52. The van der Waals surface area contributed by atoms with E-state index >= 15 is 0 Å². The van der Waals surface area contributed by atoms with E-state index in [2.05, 4.69) is 15.9 Å². The molecule has 4 aliphatic carbocycles. The van der Waals surface area contributed by atoms with E-state index in [4.69, 9.17) is 30.5 Å². The Kier molecular flexibility index (Phi) is 7.83. The largest absolute Gasteiger partial charge is 0.465 e. The third-order valence-corrected chi connectivity index (χ3v) is 10.5. The molecule has 0 saturated carbocycles. The van der Waals surface area contributed by atoms with Crippen LogP contribution >= 0.6 is 27.5 Å². The molecule has 0 heterocycles. The molecule has 2 aromatic rings. The summed E-state index contributed by atoms with van der Waals surface area (Å²) >= 11 is 11.1. The minimum atomic E-state index is -0.766. The molecule has 0 fully saturated rings. The lowest BCUT2D eigenvalue weighted by Crippen LogP contribution is -2.28. The number of fused-ring (bicyclic) bond motifs is 10. The Morgan fingerprint density at radius 2 is 0.957 bits per heavy atom. The maximum Gasteiger partial charge on any atom is 0.339 e. The fourth-order valence-electron chi connectivity index (χ4n) is 7.38. The lowest BCUT2D eigenvalue weighted by atomic mass is 9.78. The second-order valence-corrected chi connectivity index (χ2v) is 15.5. The summed E-state index contributed by atoms with van der Waals surface area (Å²) in [6.45, 7) is 10.7. The third-order valence-electron chi connectivity index (χ3n) is 9.05. The monoisotopic (exact) mass is 710 g/mol. The SMILES string of the molecule is COC(=O)c1cc2c(cc1C(=O)OC)[C@H]1C[C@@H]2C(Br)=C1C1=C(Cl)[C@@H]2C[C@H]1c1cc(C(=O)OC(C)(C)C)c(C(=O)OC(C)(C)C)cc12. The van der Waals surface area contributed by atoms with Gasteiger partial charge in [-0.05, 0) is 112 Å². The molecule has 0 spiro atoms. The summed E-state index contributed by atoms with van der Waals surface area (Å²) in [6, 6.07) is 7.03. The van der Waals surface area contributed by atoms with Crippen molar-refractivity contribution < 1.29 is 38.1 Å². The van der Waals surface area contributed by atoms with E-state index in [1.54, 1.807) is 65.8 Å². The predicted octanol–water partition coefficient (Wildman–Crippen LogP) is 8.18. The van der Waals surface area contributed by atoms with Crippen LogP contribution in [0.3, 0.4) is 0 Å². The summed E-state index contributed by atoms with van der Waals surface area (Å²) in [5.74, 6) is -2.76. The van der Waals surface area contributed by atoms with Crippen LogP contribution in [-0.4, -0.2) is 49.3 Å². The van der Waals surface area contributed by atoms with Gasteiger partial charge < -0.3 is 18.9 Å². The summed E-state index contributed by atoms with van der Waals surface area (Å²) in [7, 11) is 2.56. The first-order chi connectivity index (χ1) is 21.5. The van der Waals surface area contributed by atoms with Gasteiger partial charge in [0.05, 0.1) is 36.5 Å². The molecule has 4 aliphatic rings. The van der Waals surface area contributed by atoms with Crippen molar-refractivity contribution in [2.75, 3.05) is 14.2 Å². The van der Waals surface area contributed by atoms with E-state index in [1.807, 2.05) is 0 Å². The molecule has 0 N–H and O–H groups in total. The van der Waals surface area contributed by atoms with Gasteiger partial charge in [0, 0.05) is 33.2 Å². The quantitative estimate of drug-likeness (QED) is 0.226. The summed E-state index contributed by atoms with van der Waals surface area (Å²) in [5, 5.41) is 0.707. The highest BCUT2D eigenvalue weighted by Crippen LogP contribution is 2.67. The molecule has 4 atom stereocenters. The number of esters is 4. The van der Waals surface area contributed by atoms with Crippen molar-refractivity contribution in [3.8, 4) is 0 Å². The van der Waals surface area contributed by atoms with Gasteiger partial charge in [-0.2, -0.15) is 0 Å². The van der Waals surface area contributed by atoms with Gasteiger partial charge in [0.2, 0.25) is 0 Å². The molecule has 0 unspecified atom stereocenters. The summed E-state index contributed by atoms with van der Waals surface area (Å²) in [6.07, 6.45) is 1.47. The Labute approximate surface area is 281 Å². The van der Waals surface area contributed by atoms with Crippen LogP contribution in [0, 0.1) is 0 Å². The van der Waals surface area contributed by atoms with E-state index in [1.165, 1.54) is 14.2 Å². The van der Waals surface area contributed by atoms with Crippen LogP contribution in [0.4, 0.5) is 0 Å². The molecule has 242 valence electrons. The zero-order valence-corrected chi connectivity index (χ0v) is 29.4. The molecule has 10 heteroatoms. The molecule has 46 heavy (non-hydrogen) atoms. The summed E-state index contributed by atoms with van der Waals surface area (Å²) < 4.78 is 22.4. The van der Waals surface area contributed by atoms with Gasteiger partial charge in [0.15, 0.2) is 0 Å². The van der Waals surface area contributed by atoms with E-state index < -0.39 is 35.1 Å². The highest BCUT2D eigenvalue weighted by molar-refractivity contribution is 9.11. The first-order valence-electron chi connectivity index (χ1n) is 15.2. The lowest BCUT2D eigenvalue weighted by Gasteiger charge is -2.29. The number of hydrogen-bond donors (Lipinski definition) is 0. The second-order valence-electron chi connectivity index (χ2n) is 14.2. The van der Waals surface area contributed by atoms with Crippen LogP contribution in [0.25, 0.3) is 0 Å². The Morgan fingerprint density at radius 3 is 1.37 bits per heavy atom. The van der Waals surface area contributed by atoms with Crippen LogP contribution < -0.4 is 0 Å². The summed E-state index contributed by atoms with van der Waals surface area (Å²) in [5.41, 5.74) is 4.95. The van der Waals surface area contributed by atoms with Crippen molar-refractivity contribution >= 4 is 51.4 Å². The Balaban J connectivity index is 1.44. The zero-order valence-electron chi connectivity index (χ0n) is 27.1. The minimum absolute atomic E-state index is 0.0208. The fourth-order valence-corrected chi connectivity index (χ4v) is 8.75. The third kappa shape index (κ3) is 5.20. The standard InChI is InChI=1S/C36H36BrClO8/c1-35(2,3)45-33(41)25-10-16-18(12-26(25)34(42)46-36(4,5)6)22-14-20(16)28(30(22)38)27-19-13-21(29(27)37)17-11-24(32(40)44-8)23(9-15(17)19)31(39)43-7/h9-12,19-22H,13-14H2,1-8H3/t19-,20+,21+,22-/m1/s1. The molecule has 8 nitrogen and oxygen atoms in total. The minimum Gasteiger partial charge on any atom is -0.465 e. The van der Waals surface area contributed by atoms with E-state index in [0.717, 1.165) is 44.3 Å². The molecule has 6 rings (SSSR count). The molecule has 0 aromatic heterocycles. The molecule has 2 aromatic carbocycles. The summed E-state index contributed by atoms with van der Waals surface area (Å²) in [4.78, 5) is 52.2. The number of carbonyl (C=O) groups excluding carboxylic acids is 4. The van der Waals surface area contributed by atoms with Crippen molar-refractivity contribution in [3.63, 3.8) is 0 Å². The van der Waals surface area contributed by atoms with Crippen molar-refractivity contribution in [1.29, 1.82) is 0 Å². The van der Waals surface area contributed by atoms with Gasteiger partial charge in [0.25, 0.3) is 0 Å². The molecular weight excluding hydrogens is 676 g/mol. The van der Waals surface area contributed by atoms with Crippen LogP contribution in [0.1, 0.15) is 142 Å². The van der Waals surface area contributed by atoms with Crippen molar-refractivity contribution in [2.24, 2.45) is 0 Å². The smallest absolute Gasteiger partial charge is 0.339 e. The van der Waals surface area contributed by atoms with Crippen molar-refractivity contribution in [3.05, 3.63) is 89.4 Å². The Morgan fingerprint density at radius 1 is 0.609 bits per heavy atom.